The maximum atomic E-state index is 14.1. The number of ether oxygens (including phenoxy) is 5. The number of halogens is 2. The van der Waals surface area contributed by atoms with Gasteiger partial charge < -0.3 is 23.7 Å². The molecule has 1 aliphatic heterocycles. The average molecular weight is 660 g/mol. The molecule has 0 aliphatic carbocycles. The molecule has 0 N–H and O–H groups in total. The lowest BCUT2D eigenvalue weighted by Crippen LogP contribution is -2.40. The van der Waals surface area contributed by atoms with Gasteiger partial charge in [-0.1, -0.05) is 46.5 Å². The van der Waals surface area contributed by atoms with Crippen molar-refractivity contribution in [2.45, 2.75) is 26.8 Å². The average Bonchev–Trinajstić information content (AvgIpc) is 3.29. The molecule has 2 aromatic carbocycles. The molecule has 1 aliphatic rings. The summed E-state index contributed by atoms with van der Waals surface area (Å²) in [5.74, 6) is 2.05. The first-order valence-corrected chi connectivity index (χ1v) is 14.9. The Morgan fingerprint density at radius 2 is 1.89 bits per heavy atom. The van der Waals surface area contributed by atoms with E-state index in [4.69, 9.17) is 48.6 Å². The van der Waals surface area contributed by atoms with E-state index in [0.717, 1.165) is 11.3 Å². The van der Waals surface area contributed by atoms with Gasteiger partial charge in [0.25, 0.3) is 5.56 Å². The van der Waals surface area contributed by atoms with Crippen LogP contribution in [0.15, 0.2) is 51.4 Å². The Hall–Kier alpha value is -4.24. The van der Waals surface area contributed by atoms with Crippen molar-refractivity contribution in [3.8, 4) is 29.6 Å². The molecule has 230 valence electrons. The monoisotopic (exact) mass is 658 g/mol. The van der Waals surface area contributed by atoms with E-state index in [1.54, 1.807) is 51.1 Å². The number of thiazole rings is 1. The number of methoxy groups -OCH3 is 1. The first-order chi connectivity index (χ1) is 21.1. The molecule has 0 saturated heterocycles. The summed E-state index contributed by atoms with van der Waals surface area (Å²) in [5, 5.41) is 0.557. The van der Waals surface area contributed by atoms with Gasteiger partial charge in [0.1, 0.15) is 12.4 Å². The number of terminal acetylenes is 1. The summed E-state index contributed by atoms with van der Waals surface area (Å²) < 4.78 is 28.8. The Labute approximate surface area is 267 Å². The molecule has 0 bridgehead atoms. The second-order valence-corrected chi connectivity index (χ2v) is 11.0. The summed E-state index contributed by atoms with van der Waals surface area (Å²) in [6.45, 7) is 5.18. The Kier molecular flexibility index (Phi) is 10.8. The van der Waals surface area contributed by atoms with Crippen molar-refractivity contribution in [1.82, 2.24) is 4.57 Å². The second-order valence-electron chi connectivity index (χ2n) is 9.11. The minimum atomic E-state index is -0.929. The van der Waals surface area contributed by atoms with E-state index in [-0.39, 0.29) is 53.1 Å². The van der Waals surface area contributed by atoms with Crippen molar-refractivity contribution < 1.29 is 33.3 Å². The molecular weight excluding hydrogens is 631 g/mol. The van der Waals surface area contributed by atoms with Crippen LogP contribution in [0.5, 0.6) is 17.2 Å². The van der Waals surface area contributed by atoms with Gasteiger partial charge in [-0.15, -0.1) is 6.42 Å². The number of allylic oxidation sites excluding steroid dienone is 1. The number of esters is 2. The molecule has 4 rings (SSSR count). The SMILES string of the molecule is C#CCOc1c(Cl)cc(Cl)cc1/C=c1/sc2n(c1=O)[C@@H](c1ccc(OCC(=O)OC)c(OCC)c1)C(C(=O)OCC)=C(C)N=2. The predicted molar refractivity (Wildman–Crippen MR) is 166 cm³/mol. The van der Waals surface area contributed by atoms with E-state index in [2.05, 4.69) is 15.6 Å². The smallest absolute Gasteiger partial charge is 0.343 e. The molecule has 10 nitrogen and oxygen atoms in total. The zero-order valence-electron chi connectivity index (χ0n) is 24.3. The highest BCUT2D eigenvalue weighted by Gasteiger charge is 2.34. The molecular formula is C31H28Cl2N2O8S. The normalized spacial score (nSPS) is 14.3. The Bertz CT molecular complexity index is 1860. The molecule has 0 spiro atoms. The lowest BCUT2D eigenvalue weighted by Gasteiger charge is -2.25. The largest absolute Gasteiger partial charge is 0.490 e. The fraction of sp³-hybridized carbons (Fsp3) is 0.290. The molecule has 3 aromatic rings. The van der Waals surface area contributed by atoms with Crippen LogP contribution in [-0.2, 0) is 19.1 Å². The summed E-state index contributed by atoms with van der Waals surface area (Å²) in [6, 6.07) is 7.11. The zero-order valence-corrected chi connectivity index (χ0v) is 26.6. The van der Waals surface area contributed by atoms with Gasteiger partial charge in [0, 0.05) is 10.6 Å². The fourth-order valence-electron chi connectivity index (χ4n) is 4.48. The highest BCUT2D eigenvalue weighted by atomic mass is 35.5. The summed E-state index contributed by atoms with van der Waals surface area (Å²) in [6.07, 6.45) is 6.96. The van der Waals surface area contributed by atoms with Crippen LogP contribution in [0.25, 0.3) is 6.08 Å². The molecule has 1 atom stereocenters. The standard InChI is InChI=1S/C31H28Cl2N2O8S/c1-6-11-42-28-19(12-20(32)15-21(28)33)14-24-29(37)35-27(26(30(38)41-8-3)17(4)34-31(35)44-24)18-9-10-22(23(13-18)40-7-2)43-16-25(36)39-5/h1,9-10,12-15,27H,7-8,11,16H2,2-5H3/b24-14+/t27-/m0/s1. The van der Waals surface area contributed by atoms with Crippen LogP contribution in [-0.4, -0.2) is 50.0 Å². The predicted octanol–water partition coefficient (Wildman–Crippen LogP) is 4.07. The van der Waals surface area contributed by atoms with E-state index in [9.17, 15) is 14.4 Å². The molecule has 0 fully saturated rings. The molecule has 13 heteroatoms. The highest BCUT2D eigenvalue weighted by Crippen LogP contribution is 2.37. The van der Waals surface area contributed by atoms with Gasteiger partial charge in [0.2, 0.25) is 0 Å². The van der Waals surface area contributed by atoms with Crippen molar-refractivity contribution in [3.63, 3.8) is 0 Å². The lowest BCUT2D eigenvalue weighted by molar-refractivity contribution is -0.143. The Balaban J connectivity index is 1.93. The van der Waals surface area contributed by atoms with Crippen LogP contribution in [0.1, 0.15) is 37.9 Å². The molecule has 0 radical (unpaired) electrons. The van der Waals surface area contributed by atoms with Crippen molar-refractivity contribution in [2.24, 2.45) is 4.99 Å². The molecule has 0 unspecified atom stereocenters. The fourth-order valence-corrected chi connectivity index (χ4v) is 6.08. The van der Waals surface area contributed by atoms with Crippen LogP contribution in [0.3, 0.4) is 0 Å². The van der Waals surface area contributed by atoms with Gasteiger partial charge in [-0.3, -0.25) is 9.36 Å². The minimum Gasteiger partial charge on any atom is -0.490 e. The first kappa shape index (κ1) is 32.7. The van der Waals surface area contributed by atoms with Gasteiger partial charge >= 0.3 is 11.9 Å². The number of carbonyl (C=O) groups is 2. The van der Waals surface area contributed by atoms with Crippen LogP contribution in [0.2, 0.25) is 10.0 Å². The van der Waals surface area contributed by atoms with E-state index >= 15 is 0 Å². The van der Waals surface area contributed by atoms with Crippen LogP contribution in [0.4, 0.5) is 0 Å². The van der Waals surface area contributed by atoms with Crippen molar-refractivity contribution in [3.05, 3.63) is 82.5 Å². The first-order valence-electron chi connectivity index (χ1n) is 13.3. The van der Waals surface area contributed by atoms with Gasteiger partial charge in [-0.2, -0.15) is 0 Å². The number of rotatable bonds is 11. The van der Waals surface area contributed by atoms with E-state index < -0.39 is 23.5 Å². The summed E-state index contributed by atoms with van der Waals surface area (Å²) in [4.78, 5) is 44.0. The van der Waals surface area contributed by atoms with Gasteiger partial charge in [0.15, 0.2) is 22.9 Å². The van der Waals surface area contributed by atoms with Crippen LogP contribution >= 0.6 is 34.5 Å². The number of hydrogen-bond donors (Lipinski definition) is 0. The van der Waals surface area contributed by atoms with Gasteiger partial charge in [0.05, 0.1) is 47.2 Å². The van der Waals surface area contributed by atoms with Crippen molar-refractivity contribution >= 4 is 52.6 Å². The third kappa shape index (κ3) is 6.94. The maximum absolute atomic E-state index is 14.1. The van der Waals surface area contributed by atoms with E-state index in [1.807, 2.05) is 0 Å². The van der Waals surface area contributed by atoms with Crippen molar-refractivity contribution in [1.29, 1.82) is 0 Å². The number of benzene rings is 2. The second kappa shape index (κ2) is 14.5. The zero-order chi connectivity index (χ0) is 32.0. The van der Waals surface area contributed by atoms with E-state index in [0.29, 0.717) is 32.4 Å². The molecule has 44 heavy (non-hydrogen) atoms. The quantitative estimate of drug-likeness (QED) is 0.224. The molecule has 2 heterocycles. The Morgan fingerprint density at radius 3 is 2.57 bits per heavy atom. The van der Waals surface area contributed by atoms with Crippen molar-refractivity contribution in [2.75, 3.05) is 33.5 Å². The third-order valence-corrected chi connectivity index (χ3v) is 7.78. The van der Waals surface area contributed by atoms with Crippen LogP contribution in [0, 0.1) is 12.3 Å². The van der Waals surface area contributed by atoms with Gasteiger partial charge in [-0.05, 0) is 56.7 Å². The Morgan fingerprint density at radius 1 is 1.11 bits per heavy atom. The number of hydrogen-bond acceptors (Lipinski definition) is 10. The molecule has 1 aromatic heterocycles. The minimum absolute atomic E-state index is 0.0486. The highest BCUT2D eigenvalue weighted by molar-refractivity contribution is 7.07. The summed E-state index contributed by atoms with van der Waals surface area (Å²) in [5.41, 5.74) is 1.09. The number of fused-ring (bicyclic) bond motifs is 1. The van der Waals surface area contributed by atoms with E-state index in [1.165, 1.54) is 17.7 Å². The molecule has 0 saturated carbocycles. The van der Waals surface area contributed by atoms with Crippen LogP contribution < -0.4 is 29.1 Å². The summed E-state index contributed by atoms with van der Waals surface area (Å²) in [7, 11) is 1.26. The lowest BCUT2D eigenvalue weighted by atomic mass is 9.95. The number of carbonyl (C=O) groups excluding carboxylic acids is 2. The molecule has 0 amide bonds. The summed E-state index contributed by atoms with van der Waals surface area (Å²) >= 11 is 13.8. The topological polar surface area (TPSA) is 115 Å². The number of aromatic nitrogens is 1. The maximum Gasteiger partial charge on any atom is 0.343 e. The number of nitrogens with zero attached hydrogens (tertiary/aromatic N) is 2. The van der Waals surface area contributed by atoms with Gasteiger partial charge in [-0.25, -0.2) is 14.6 Å². The third-order valence-electron chi connectivity index (χ3n) is 6.30.